The molecule has 1 aliphatic heterocycles. The van der Waals surface area contributed by atoms with Crippen molar-refractivity contribution in [3.8, 4) is 5.75 Å². The van der Waals surface area contributed by atoms with Gasteiger partial charge in [0, 0.05) is 12.6 Å². The van der Waals surface area contributed by atoms with Gasteiger partial charge in [-0.3, -0.25) is 4.90 Å². The third-order valence-corrected chi connectivity index (χ3v) is 4.73. The SMILES string of the molecule is COc1ccc(CN2CCCC(C)C2C)cc1Br. The zero-order valence-electron chi connectivity index (χ0n) is 11.4. The number of benzene rings is 1. The van der Waals surface area contributed by atoms with Crippen molar-refractivity contribution in [3.63, 3.8) is 0 Å². The molecule has 1 saturated heterocycles. The number of methoxy groups -OCH3 is 1. The number of nitrogens with zero attached hydrogens (tertiary/aromatic N) is 1. The van der Waals surface area contributed by atoms with Crippen molar-refractivity contribution in [2.24, 2.45) is 5.92 Å². The van der Waals surface area contributed by atoms with E-state index in [-0.39, 0.29) is 0 Å². The molecular formula is C15H22BrNO. The zero-order chi connectivity index (χ0) is 13.1. The number of likely N-dealkylation sites (tertiary alicyclic amines) is 1. The molecule has 1 fully saturated rings. The molecule has 0 saturated carbocycles. The Labute approximate surface area is 118 Å². The summed E-state index contributed by atoms with van der Waals surface area (Å²) in [5.74, 6) is 1.71. The van der Waals surface area contributed by atoms with Gasteiger partial charge in [0.25, 0.3) is 0 Å². The minimum Gasteiger partial charge on any atom is -0.496 e. The lowest BCUT2D eigenvalue weighted by molar-refractivity contribution is 0.106. The van der Waals surface area contributed by atoms with Crippen molar-refractivity contribution in [2.75, 3.05) is 13.7 Å². The van der Waals surface area contributed by atoms with Gasteiger partial charge >= 0.3 is 0 Å². The van der Waals surface area contributed by atoms with Crippen LogP contribution in [0.3, 0.4) is 0 Å². The largest absolute Gasteiger partial charge is 0.496 e. The Morgan fingerprint density at radius 1 is 1.39 bits per heavy atom. The average molecular weight is 312 g/mol. The smallest absolute Gasteiger partial charge is 0.133 e. The minimum absolute atomic E-state index is 0.680. The van der Waals surface area contributed by atoms with E-state index in [0.717, 1.165) is 22.7 Å². The maximum atomic E-state index is 5.27. The van der Waals surface area contributed by atoms with Crippen molar-refractivity contribution in [3.05, 3.63) is 28.2 Å². The molecule has 2 nitrogen and oxygen atoms in total. The molecule has 1 aromatic rings. The van der Waals surface area contributed by atoms with E-state index >= 15 is 0 Å². The quantitative estimate of drug-likeness (QED) is 0.834. The van der Waals surface area contributed by atoms with Gasteiger partial charge in [-0.25, -0.2) is 0 Å². The number of halogens is 1. The van der Waals surface area contributed by atoms with Crippen LogP contribution in [0.15, 0.2) is 22.7 Å². The normalized spacial score (nSPS) is 25.1. The van der Waals surface area contributed by atoms with Crippen molar-refractivity contribution >= 4 is 15.9 Å². The molecule has 0 N–H and O–H groups in total. The fourth-order valence-electron chi connectivity index (χ4n) is 2.69. The monoisotopic (exact) mass is 311 g/mol. The molecule has 1 aliphatic rings. The number of hydrogen-bond acceptors (Lipinski definition) is 2. The van der Waals surface area contributed by atoms with Gasteiger partial charge in [0.05, 0.1) is 11.6 Å². The predicted octanol–water partition coefficient (Wildman–Crippen LogP) is 4.08. The highest BCUT2D eigenvalue weighted by molar-refractivity contribution is 9.10. The lowest BCUT2D eigenvalue weighted by Crippen LogP contribution is -2.41. The molecule has 3 heteroatoms. The summed E-state index contributed by atoms with van der Waals surface area (Å²) in [6, 6.07) is 7.05. The van der Waals surface area contributed by atoms with E-state index in [2.05, 4.69) is 46.8 Å². The molecule has 1 aromatic carbocycles. The summed E-state index contributed by atoms with van der Waals surface area (Å²) >= 11 is 3.56. The van der Waals surface area contributed by atoms with Gasteiger partial charge in [0.15, 0.2) is 0 Å². The first-order valence-electron chi connectivity index (χ1n) is 6.68. The van der Waals surface area contributed by atoms with Crippen LogP contribution in [0.1, 0.15) is 32.3 Å². The fraction of sp³-hybridized carbons (Fsp3) is 0.600. The highest BCUT2D eigenvalue weighted by atomic mass is 79.9. The van der Waals surface area contributed by atoms with E-state index in [4.69, 9.17) is 4.74 Å². The Balaban J connectivity index is 2.06. The van der Waals surface area contributed by atoms with E-state index < -0.39 is 0 Å². The van der Waals surface area contributed by atoms with Gasteiger partial charge in [-0.2, -0.15) is 0 Å². The minimum atomic E-state index is 0.680. The van der Waals surface area contributed by atoms with Crippen molar-refractivity contribution in [1.82, 2.24) is 4.90 Å². The van der Waals surface area contributed by atoms with Gasteiger partial charge < -0.3 is 4.74 Å². The van der Waals surface area contributed by atoms with E-state index in [1.165, 1.54) is 24.9 Å². The second kappa shape index (κ2) is 6.07. The van der Waals surface area contributed by atoms with Crippen molar-refractivity contribution in [2.45, 2.75) is 39.3 Å². The van der Waals surface area contributed by atoms with Gasteiger partial charge in [0.1, 0.15) is 5.75 Å². The first-order chi connectivity index (χ1) is 8.61. The van der Waals surface area contributed by atoms with Crippen LogP contribution in [0.5, 0.6) is 5.75 Å². The Morgan fingerprint density at radius 3 is 2.83 bits per heavy atom. The summed E-state index contributed by atoms with van der Waals surface area (Å²) in [4.78, 5) is 2.59. The molecule has 1 heterocycles. The van der Waals surface area contributed by atoms with Crippen LogP contribution in [0.4, 0.5) is 0 Å². The maximum absolute atomic E-state index is 5.27. The Bertz CT molecular complexity index is 407. The van der Waals surface area contributed by atoms with Crippen LogP contribution in [-0.4, -0.2) is 24.6 Å². The molecule has 2 rings (SSSR count). The van der Waals surface area contributed by atoms with E-state index in [9.17, 15) is 0 Å². The Kier molecular flexibility index (Phi) is 4.68. The van der Waals surface area contributed by atoms with Gasteiger partial charge in [-0.05, 0) is 65.9 Å². The van der Waals surface area contributed by atoms with Crippen molar-refractivity contribution in [1.29, 1.82) is 0 Å². The number of hydrogen-bond donors (Lipinski definition) is 0. The van der Waals surface area contributed by atoms with Crippen LogP contribution in [0, 0.1) is 5.92 Å². The molecule has 0 spiro atoms. The molecular weight excluding hydrogens is 290 g/mol. The molecule has 2 unspecified atom stereocenters. The number of ether oxygens (including phenoxy) is 1. The molecule has 2 atom stereocenters. The summed E-state index contributed by atoms with van der Waals surface area (Å²) in [6.45, 7) is 6.96. The molecule has 18 heavy (non-hydrogen) atoms. The average Bonchev–Trinajstić information content (AvgIpc) is 2.35. The molecule has 100 valence electrons. The highest BCUT2D eigenvalue weighted by Gasteiger charge is 2.24. The van der Waals surface area contributed by atoms with Crippen LogP contribution in [0.2, 0.25) is 0 Å². The van der Waals surface area contributed by atoms with E-state index in [1.807, 2.05) is 6.07 Å². The lowest BCUT2D eigenvalue weighted by atomic mass is 9.92. The van der Waals surface area contributed by atoms with Gasteiger partial charge in [-0.15, -0.1) is 0 Å². The molecule has 0 bridgehead atoms. The summed E-state index contributed by atoms with van der Waals surface area (Å²) in [6.07, 6.45) is 2.69. The Morgan fingerprint density at radius 2 is 2.17 bits per heavy atom. The first-order valence-corrected chi connectivity index (χ1v) is 7.47. The summed E-state index contributed by atoms with van der Waals surface area (Å²) in [7, 11) is 1.70. The fourth-order valence-corrected chi connectivity index (χ4v) is 3.27. The van der Waals surface area contributed by atoms with E-state index in [0.29, 0.717) is 6.04 Å². The number of piperidine rings is 1. The third-order valence-electron chi connectivity index (χ3n) is 4.11. The van der Waals surface area contributed by atoms with Gasteiger partial charge in [-0.1, -0.05) is 13.0 Å². The predicted molar refractivity (Wildman–Crippen MR) is 79.0 cm³/mol. The summed E-state index contributed by atoms with van der Waals surface area (Å²) < 4.78 is 6.31. The number of rotatable bonds is 3. The molecule has 0 radical (unpaired) electrons. The Hall–Kier alpha value is -0.540. The van der Waals surface area contributed by atoms with Crippen LogP contribution in [-0.2, 0) is 6.54 Å². The maximum Gasteiger partial charge on any atom is 0.133 e. The highest BCUT2D eigenvalue weighted by Crippen LogP contribution is 2.28. The lowest BCUT2D eigenvalue weighted by Gasteiger charge is -2.38. The van der Waals surface area contributed by atoms with Crippen molar-refractivity contribution < 1.29 is 4.74 Å². The molecule has 0 aliphatic carbocycles. The van der Waals surface area contributed by atoms with Crippen LogP contribution in [0.25, 0.3) is 0 Å². The summed E-state index contributed by atoms with van der Waals surface area (Å²) in [5, 5.41) is 0. The molecule has 0 aromatic heterocycles. The standard InChI is InChI=1S/C15H22BrNO/c1-11-5-4-8-17(12(11)2)10-13-6-7-15(18-3)14(16)9-13/h6-7,9,11-12H,4-5,8,10H2,1-3H3. The van der Waals surface area contributed by atoms with Gasteiger partial charge in [0.2, 0.25) is 0 Å². The second-order valence-electron chi connectivity index (χ2n) is 5.30. The zero-order valence-corrected chi connectivity index (χ0v) is 13.0. The topological polar surface area (TPSA) is 12.5 Å². The summed E-state index contributed by atoms with van der Waals surface area (Å²) in [5.41, 5.74) is 1.35. The second-order valence-corrected chi connectivity index (χ2v) is 6.15. The molecule has 0 amide bonds. The van der Waals surface area contributed by atoms with Crippen LogP contribution < -0.4 is 4.74 Å². The first kappa shape index (κ1) is 13.9. The third kappa shape index (κ3) is 3.07. The van der Waals surface area contributed by atoms with E-state index in [1.54, 1.807) is 7.11 Å². The van der Waals surface area contributed by atoms with Crippen LogP contribution >= 0.6 is 15.9 Å².